The summed E-state index contributed by atoms with van der Waals surface area (Å²) in [4.78, 5) is 12.1. The Kier molecular flexibility index (Phi) is 4.37. The van der Waals surface area contributed by atoms with E-state index in [1.54, 1.807) is 10.7 Å². The topological polar surface area (TPSA) is 59.0 Å². The molecule has 1 amide bonds. The molecule has 1 aliphatic rings. The molecule has 1 fully saturated rings. The highest BCUT2D eigenvalue weighted by atomic mass is 19.3. The number of carbonyl (C=O) groups is 1. The van der Waals surface area contributed by atoms with E-state index in [9.17, 15) is 13.6 Å². The van der Waals surface area contributed by atoms with E-state index < -0.39 is 11.8 Å². The highest BCUT2D eigenvalue weighted by Gasteiger charge is 2.41. The summed E-state index contributed by atoms with van der Waals surface area (Å²) in [6.45, 7) is 4.03. The Morgan fingerprint density at radius 3 is 3.05 bits per heavy atom. The number of aromatic nitrogens is 2. The van der Waals surface area contributed by atoms with Gasteiger partial charge >= 0.3 is 0 Å². The standard InChI is InChI=1S/C13H20F2N4O/c1-9(2)19-11(4-6-18-19)12(20)17-7-10-3-5-16-8-13(10,14)15/h4,6,9-10,16H,3,5,7-8H2,1-2H3,(H,17,20). The van der Waals surface area contributed by atoms with Crippen LogP contribution in [-0.4, -0.2) is 41.2 Å². The van der Waals surface area contributed by atoms with Crippen molar-refractivity contribution in [1.82, 2.24) is 20.4 Å². The van der Waals surface area contributed by atoms with Crippen molar-refractivity contribution in [2.75, 3.05) is 19.6 Å². The molecule has 0 bridgehead atoms. The maximum Gasteiger partial charge on any atom is 0.269 e. The number of amides is 1. The van der Waals surface area contributed by atoms with E-state index in [2.05, 4.69) is 15.7 Å². The molecule has 1 aromatic rings. The van der Waals surface area contributed by atoms with Gasteiger partial charge in [-0.3, -0.25) is 9.48 Å². The third-order valence-electron chi connectivity index (χ3n) is 3.53. The summed E-state index contributed by atoms with van der Waals surface area (Å²) in [5.41, 5.74) is 0.400. The molecule has 5 nitrogen and oxygen atoms in total. The van der Waals surface area contributed by atoms with Crippen molar-refractivity contribution >= 4 is 5.91 Å². The molecule has 1 aromatic heterocycles. The molecule has 2 rings (SSSR count). The van der Waals surface area contributed by atoms with Gasteiger partial charge in [-0.15, -0.1) is 0 Å². The Hall–Kier alpha value is -1.50. The number of alkyl halides is 2. The second-order valence-corrected chi connectivity index (χ2v) is 5.39. The molecule has 1 saturated heterocycles. The minimum absolute atomic E-state index is 0.0171. The van der Waals surface area contributed by atoms with Crippen LogP contribution >= 0.6 is 0 Å². The van der Waals surface area contributed by atoms with E-state index in [1.807, 2.05) is 13.8 Å². The molecule has 1 unspecified atom stereocenters. The average Bonchev–Trinajstić information content (AvgIpc) is 2.86. The van der Waals surface area contributed by atoms with Crippen molar-refractivity contribution in [2.24, 2.45) is 5.92 Å². The van der Waals surface area contributed by atoms with Gasteiger partial charge in [-0.1, -0.05) is 0 Å². The number of rotatable bonds is 4. The quantitative estimate of drug-likeness (QED) is 0.880. The van der Waals surface area contributed by atoms with E-state index in [1.165, 1.54) is 6.20 Å². The summed E-state index contributed by atoms with van der Waals surface area (Å²) in [5, 5.41) is 9.32. The van der Waals surface area contributed by atoms with Crippen LogP contribution in [0.15, 0.2) is 12.3 Å². The van der Waals surface area contributed by atoms with Gasteiger partial charge in [0.2, 0.25) is 0 Å². The Labute approximate surface area is 116 Å². The lowest BCUT2D eigenvalue weighted by Crippen LogP contribution is -2.50. The lowest BCUT2D eigenvalue weighted by molar-refractivity contribution is -0.0712. The Bertz CT molecular complexity index is 473. The fraction of sp³-hybridized carbons (Fsp3) is 0.692. The predicted molar refractivity (Wildman–Crippen MR) is 70.9 cm³/mol. The van der Waals surface area contributed by atoms with Crippen LogP contribution in [0.4, 0.5) is 8.78 Å². The van der Waals surface area contributed by atoms with Gasteiger partial charge < -0.3 is 10.6 Å². The van der Waals surface area contributed by atoms with Crippen LogP contribution in [0.25, 0.3) is 0 Å². The van der Waals surface area contributed by atoms with Crippen molar-refractivity contribution in [2.45, 2.75) is 32.2 Å². The zero-order valence-electron chi connectivity index (χ0n) is 11.7. The van der Waals surface area contributed by atoms with Crippen molar-refractivity contribution in [3.05, 3.63) is 18.0 Å². The van der Waals surface area contributed by atoms with Gasteiger partial charge in [0.05, 0.1) is 6.54 Å². The normalized spacial score (nSPS) is 21.9. The van der Waals surface area contributed by atoms with Crippen LogP contribution in [0.2, 0.25) is 0 Å². The summed E-state index contributed by atoms with van der Waals surface area (Å²) >= 11 is 0. The van der Waals surface area contributed by atoms with E-state index in [0.29, 0.717) is 18.7 Å². The smallest absolute Gasteiger partial charge is 0.269 e. The second kappa shape index (κ2) is 5.87. The molecule has 1 atom stereocenters. The summed E-state index contributed by atoms with van der Waals surface area (Å²) in [6, 6.07) is 1.64. The number of hydrogen-bond donors (Lipinski definition) is 2. The van der Waals surface area contributed by atoms with Crippen LogP contribution < -0.4 is 10.6 Å². The van der Waals surface area contributed by atoms with E-state index in [4.69, 9.17) is 0 Å². The number of nitrogens with zero attached hydrogens (tertiary/aromatic N) is 2. The number of hydrogen-bond acceptors (Lipinski definition) is 3. The summed E-state index contributed by atoms with van der Waals surface area (Å²) < 4.78 is 28.9. The minimum atomic E-state index is -2.77. The fourth-order valence-corrected chi connectivity index (χ4v) is 2.35. The Morgan fingerprint density at radius 1 is 1.65 bits per heavy atom. The average molecular weight is 286 g/mol. The van der Waals surface area contributed by atoms with Crippen molar-refractivity contribution in [3.63, 3.8) is 0 Å². The monoisotopic (exact) mass is 286 g/mol. The Morgan fingerprint density at radius 2 is 2.40 bits per heavy atom. The molecular weight excluding hydrogens is 266 g/mol. The summed E-state index contributed by atoms with van der Waals surface area (Å²) in [5.74, 6) is -3.95. The molecule has 0 saturated carbocycles. The molecule has 0 aromatic carbocycles. The van der Waals surface area contributed by atoms with E-state index >= 15 is 0 Å². The molecule has 0 aliphatic carbocycles. The third-order valence-corrected chi connectivity index (χ3v) is 3.53. The predicted octanol–water partition coefficient (Wildman–Crippen LogP) is 1.44. The molecule has 1 aliphatic heterocycles. The molecule has 0 radical (unpaired) electrons. The first kappa shape index (κ1) is 14.9. The van der Waals surface area contributed by atoms with Gasteiger partial charge in [0.1, 0.15) is 5.69 Å². The minimum Gasteiger partial charge on any atom is -0.350 e. The summed E-state index contributed by atoms with van der Waals surface area (Å²) in [7, 11) is 0. The SMILES string of the molecule is CC(C)n1nccc1C(=O)NCC1CCNCC1(F)F. The van der Waals surface area contributed by atoms with E-state index in [0.717, 1.165) is 0 Å². The maximum atomic E-state index is 13.6. The number of piperidine rings is 1. The molecule has 20 heavy (non-hydrogen) atoms. The van der Waals surface area contributed by atoms with Crippen molar-refractivity contribution in [1.29, 1.82) is 0 Å². The fourth-order valence-electron chi connectivity index (χ4n) is 2.35. The van der Waals surface area contributed by atoms with E-state index in [-0.39, 0.29) is 25.0 Å². The van der Waals surface area contributed by atoms with Crippen LogP contribution in [-0.2, 0) is 0 Å². The van der Waals surface area contributed by atoms with Gasteiger partial charge in [0.15, 0.2) is 0 Å². The molecule has 0 spiro atoms. The van der Waals surface area contributed by atoms with Crippen LogP contribution in [0.1, 0.15) is 36.8 Å². The van der Waals surface area contributed by atoms with Crippen LogP contribution in [0.3, 0.4) is 0 Å². The van der Waals surface area contributed by atoms with Crippen molar-refractivity contribution in [3.8, 4) is 0 Å². The van der Waals surface area contributed by atoms with Gasteiger partial charge in [0, 0.05) is 24.7 Å². The first-order chi connectivity index (χ1) is 9.42. The molecule has 112 valence electrons. The van der Waals surface area contributed by atoms with Gasteiger partial charge in [-0.05, 0) is 32.9 Å². The largest absolute Gasteiger partial charge is 0.350 e. The first-order valence-electron chi connectivity index (χ1n) is 6.82. The molecule has 7 heteroatoms. The van der Waals surface area contributed by atoms with Gasteiger partial charge in [-0.2, -0.15) is 5.10 Å². The first-order valence-corrected chi connectivity index (χ1v) is 6.82. The lowest BCUT2D eigenvalue weighted by atomic mass is 9.94. The summed E-state index contributed by atoms with van der Waals surface area (Å²) in [6.07, 6.45) is 1.89. The number of carbonyl (C=O) groups excluding carboxylic acids is 1. The molecule has 2 heterocycles. The molecule has 2 N–H and O–H groups in total. The van der Waals surface area contributed by atoms with Gasteiger partial charge in [-0.25, -0.2) is 8.78 Å². The highest BCUT2D eigenvalue weighted by molar-refractivity contribution is 5.92. The van der Waals surface area contributed by atoms with Crippen LogP contribution in [0.5, 0.6) is 0 Å². The molecular formula is C13H20F2N4O. The lowest BCUT2D eigenvalue weighted by Gasteiger charge is -2.31. The second-order valence-electron chi connectivity index (χ2n) is 5.39. The van der Waals surface area contributed by atoms with Gasteiger partial charge in [0.25, 0.3) is 11.8 Å². The maximum absolute atomic E-state index is 13.6. The third kappa shape index (κ3) is 3.15. The number of halogens is 2. The zero-order chi connectivity index (χ0) is 14.8. The van der Waals surface area contributed by atoms with Crippen LogP contribution in [0, 0.1) is 5.92 Å². The number of nitrogens with one attached hydrogen (secondary N) is 2. The zero-order valence-corrected chi connectivity index (χ0v) is 11.7. The highest BCUT2D eigenvalue weighted by Crippen LogP contribution is 2.28. The van der Waals surface area contributed by atoms with Crippen molar-refractivity contribution < 1.29 is 13.6 Å². The Balaban J connectivity index is 1.96.